The van der Waals surface area contributed by atoms with Crippen LogP contribution in [-0.4, -0.2) is 41.1 Å². The molecule has 1 saturated heterocycles. The Labute approximate surface area is 157 Å². The van der Waals surface area contributed by atoms with Crippen LogP contribution in [0.2, 0.25) is 0 Å². The normalized spacial score (nSPS) is 18.2. The summed E-state index contributed by atoms with van der Waals surface area (Å²) in [5.74, 6) is -0.165. The molecule has 27 heavy (non-hydrogen) atoms. The monoisotopic (exact) mass is 367 g/mol. The second-order valence-electron chi connectivity index (χ2n) is 7.37. The van der Waals surface area contributed by atoms with E-state index in [0.29, 0.717) is 29.2 Å². The molecule has 2 aromatic heterocycles. The summed E-state index contributed by atoms with van der Waals surface area (Å²) in [6.07, 6.45) is 3.74. The average Bonchev–Trinajstić information content (AvgIpc) is 3.02. The van der Waals surface area contributed by atoms with E-state index >= 15 is 0 Å². The van der Waals surface area contributed by atoms with Crippen LogP contribution in [0.25, 0.3) is 21.9 Å². The molecule has 1 unspecified atom stereocenters. The van der Waals surface area contributed by atoms with Gasteiger partial charge in [0.25, 0.3) is 5.91 Å². The molecular weight excluding hydrogens is 342 g/mol. The molecule has 1 amide bonds. The second-order valence-corrected chi connectivity index (χ2v) is 7.37. The molecule has 1 aliphatic rings. The minimum atomic E-state index is -0.416. The largest absolute Gasteiger partial charge is 0.422 e. The molecule has 1 fully saturated rings. The summed E-state index contributed by atoms with van der Waals surface area (Å²) in [4.78, 5) is 27.5. The Morgan fingerprint density at radius 1 is 1.26 bits per heavy atom. The van der Waals surface area contributed by atoms with Crippen molar-refractivity contribution in [2.24, 2.45) is 7.05 Å². The maximum absolute atomic E-state index is 12.7. The lowest BCUT2D eigenvalue weighted by molar-refractivity contribution is 0.0931. The Balaban J connectivity index is 1.57. The quantitative estimate of drug-likeness (QED) is 0.720. The van der Waals surface area contributed by atoms with Crippen LogP contribution >= 0.6 is 0 Å². The number of piperidine rings is 1. The Morgan fingerprint density at radius 2 is 2.07 bits per heavy atom. The van der Waals surface area contributed by atoms with E-state index in [2.05, 4.69) is 17.1 Å². The van der Waals surface area contributed by atoms with Gasteiger partial charge >= 0.3 is 5.63 Å². The number of fused-ring (bicyclic) bond motifs is 3. The number of nitrogens with zero attached hydrogens (tertiary/aromatic N) is 2. The van der Waals surface area contributed by atoms with Crippen molar-refractivity contribution in [1.29, 1.82) is 0 Å². The van der Waals surface area contributed by atoms with E-state index in [4.69, 9.17) is 4.42 Å². The second kappa shape index (κ2) is 7.19. The van der Waals surface area contributed by atoms with Gasteiger partial charge in [0.1, 0.15) is 11.3 Å². The number of amides is 1. The fourth-order valence-corrected chi connectivity index (χ4v) is 4.10. The maximum Gasteiger partial charge on any atom is 0.345 e. The fourth-order valence-electron chi connectivity index (χ4n) is 4.10. The van der Waals surface area contributed by atoms with Crippen molar-refractivity contribution < 1.29 is 9.21 Å². The molecule has 3 heterocycles. The summed E-state index contributed by atoms with van der Waals surface area (Å²) in [5.41, 5.74) is 1.32. The van der Waals surface area contributed by atoms with Gasteiger partial charge < -0.3 is 14.3 Å². The van der Waals surface area contributed by atoms with Crippen molar-refractivity contribution in [3.05, 3.63) is 46.4 Å². The number of aromatic nitrogens is 1. The predicted molar refractivity (Wildman–Crippen MR) is 106 cm³/mol. The molecule has 1 N–H and O–H groups in total. The van der Waals surface area contributed by atoms with E-state index in [1.165, 1.54) is 19.3 Å². The van der Waals surface area contributed by atoms with Crippen LogP contribution < -0.4 is 10.9 Å². The molecule has 1 aromatic carbocycles. The first kappa shape index (κ1) is 17.8. The van der Waals surface area contributed by atoms with Crippen LogP contribution in [0, 0.1) is 0 Å². The van der Waals surface area contributed by atoms with Crippen molar-refractivity contribution in [2.75, 3.05) is 19.6 Å². The van der Waals surface area contributed by atoms with Crippen molar-refractivity contribution in [3.63, 3.8) is 0 Å². The zero-order valence-corrected chi connectivity index (χ0v) is 15.8. The highest BCUT2D eigenvalue weighted by Crippen LogP contribution is 2.25. The molecule has 3 aromatic rings. The van der Waals surface area contributed by atoms with E-state index in [1.54, 1.807) is 16.7 Å². The summed E-state index contributed by atoms with van der Waals surface area (Å²) in [7, 11) is 1.82. The summed E-state index contributed by atoms with van der Waals surface area (Å²) >= 11 is 0. The van der Waals surface area contributed by atoms with Crippen LogP contribution in [0.4, 0.5) is 0 Å². The molecule has 6 heteroatoms. The molecule has 0 aliphatic carbocycles. The maximum atomic E-state index is 12.7. The van der Waals surface area contributed by atoms with Crippen molar-refractivity contribution >= 4 is 27.8 Å². The molecule has 4 rings (SSSR count). The molecule has 0 radical (unpaired) electrons. The predicted octanol–water partition coefficient (Wildman–Crippen LogP) is 2.89. The van der Waals surface area contributed by atoms with Gasteiger partial charge in [0.05, 0.1) is 10.9 Å². The number of carbonyl (C=O) groups excluding carboxylic acids is 1. The first-order chi connectivity index (χ1) is 13.1. The van der Waals surface area contributed by atoms with Crippen LogP contribution in [0.1, 0.15) is 36.7 Å². The van der Waals surface area contributed by atoms with Crippen LogP contribution in [0.5, 0.6) is 0 Å². The Hall–Kier alpha value is -2.60. The first-order valence-corrected chi connectivity index (χ1v) is 9.60. The van der Waals surface area contributed by atoms with E-state index in [-0.39, 0.29) is 5.91 Å². The smallest absolute Gasteiger partial charge is 0.345 e. The van der Waals surface area contributed by atoms with Crippen molar-refractivity contribution in [3.8, 4) is 0 Å². The molecule has 142 valence electrons. The van der Waals surface area contributed by atoms with Gasteiger partial charge in [0.15, 0.2) is 0 Å². The number of rotatable bonds is 4. The van der Waals surface area contributed by atoms with Gasteiger partial charge in [-0.2, -0.15) is 0 Å². The number of para-hydroxylation sites is 1. The summed E-state index contributed by atoms with van der Waals surface area (Å²) in [6.45, 7) is 4.79. The lowest BCUT2D eigenvalue weighted by Crippen LogP contribution is -2.42. The number of carbonyl (C=O) groups is 1. The number of benzene rings is 1. The third-order valence-electron chi connectivity index (χ3n) is 5.66. The van der Waals surface area contributed by atoms with Crippen molar-refractivity contribution in [2.45, 2.75) is 32.2 Å². The van der Waals surface area contributed by atoms with Gasteiger partial charge in [-0.15, -0.1) is 0 Å². The van der Waals surface area contributed by atoms with Gasteiger partial charge in [-0.25, -0.2) is 4.79 Å². The van der Waals surface area contributed by atoms with Crippen LogP contribution in [-0.2, 0) is 7.05 Å². The molecule has 1 atom stereocenters. The number of hydrogen-bond donors (Lipinski definition) is 1. The lowest BCUT2D eigenvalue weighted by Gasteiger charge is -2.33. The highest BCUT2D eigenvalue weighted by Gasteiger charge is 2.20. The molecule has 0 saturated carbocycles. The summed E-state index contributed by atoms with van der Waals surface area (Å²) < 4.78 is 7.17. The first-order valence-electron chi connectivity index (χ1n) is 9.60. The standard InChI is InChI=1S/C21H25N3O3/c1-14-7-5-6-11-24(14)12-10-22-20(25)17-13-16-19(23(17)2)15-8-3-4-9-18(15)27-21(16)26/h3-4,8-9,13-14H,5-7,10-12H2,1-2H3,(H,22,25). The average molecular weight is 367 g/mol. The van der Waals surface area contributed by atoms with Crippen molar-refractivity contribution in [1.82, 2.24) is 14.8 Å². The highest BCUT2D eigenvalue weighted by atomic mass is 16.4. The molecule has 0 spiro atoms. The zero-order chi connectivity index (χ0) is 19.0. The molecule has 1 aliphatic heterocycles. The minimum absolute atomic E-state index is 0.165. The zero-order valence-electron chi connectivity index (χ0n) is 15.8. The van der Waals surface area contributed by atoms with Gasteiger partial charge in [-0.3, -0.25) is 9.69 Å². The number of aryl methyl sites for hydroxylation is 1. The minimum Gasteiger partial charge on any atom is -0.422 e. The third-order valence-corrected chi connectivity index (χ3v) is 5.66. The number of nitrogens with one attached hydrogen (secondary N) is 1. The van der Waals surface area contributed by atoms with Crippen LogP contribution in [0.3, 0.4) is 0 Å². The van der Waals surface area contributed by atoms with E-state index in [9.17, 15) is 9.59 Å². The van der Waals surface area contributed by atoms with Gasteiger partial charge in [0, 0.05) is 31.6 Å². The van der Waals surface area contributed by atoms with Gasteiger partial charge in [-0.1, -0.05) is 18.6 Å². The SMILES string of the molecule is CC1CCCCN1CCNC(=O)c1cc2c(=O)oc3ccccc3c2n1C. The van der Waals surface area contributed by atoms with E-state index < -0.39 is 5.63 Å². The third kappa shape index (κ3) is 3.25. The topological polar surface area (TPSA) is 67.5 Å². The van der Waals surface area contributed by atoms with E-state index in [1.807, 2.05) is 25.2 Å². The Morgan fingerprint density at radius 3 is 2.89 bits per heavy atom. The lowest BCUT2D eigenvalue weighted by atomic mass is 10.0. The Kier molecular flexibility index (Phi) is 4.74. The molecule has 6 nitrogen and oxygen atoms in total. The number of likely N-dealkylation sites (tertiary alicyclic amines) is 1. The summed E-state index contributed by atoms with van der Waals surface area (Å²) in [6, 6.07) is 9.60. The molecular formula is C21H25N3O3. The summed E-state index contributed by atoms with van der Waals surface area (Å²) in [5, 5.41) is 4.27. The van der Waals surface area contributed by atoms with E-state index in [0.717, 1.165) is 24.0 Å². The number of hydrogen-bond acceptors (Lipinski definition) is 4. The van der Waals surface area contributed by atoms with Gasteiger partial charge in [0.2, 0.25) is 0 Å². The Bertz CT molecular complexity index is 1050. The van der Waals surface area contributed by atoms with Crippen LogP contribution in [0.15, 0.2) is 39.5 Å². The fraction of sp³-hybridized carbons (Fsp3) is 0.429. The van der Waals surface area contributed by atoms with Gasteiger partial charge in [-0.05, 0) is 44.5 Å². The molecule has 0 bridgehead atoms. The highest BCUT2D eigenvalue weighted by molar-refractivity contribution is 6.07.